The number of nitrogens with one attached hydrogen (secondary N) is 1. The fourth-order valence-corrected chi connectivity index (χ4v) is 5.63. The van der Waals surface area contributed by atoms with E-state index in [9.17, 15) is 0 Å². The molecule has 0 saturated carbocycles. The lowest BCUT2D eigenvalue weighted by atomic mass is 9.72. The minimum atomic E-state index is -0.237. The lowest BCUT2D eigenvalue weighted by molar-refractivity contribution is -0.845. The zero-order valence-electron chi connectivity index (χ0n) is 16.3. The molecule has 6 rings (SSSR count). The van der Waals surface area contributed by atoms with Gasteiger partial charge in [0.1, 0.15) is 12.3 Å². The Balaban J connectivity index is 1.31. The fraction of sp³-hybridized carbons (Fsp3) is 0.500. The van der Waals surface area contributed by atoms with Crippen molar-refractivity contribution in [3.05, 3.63) is 29.1 Å². The molecule has 4 aliphatic heterocycles. The van der Waals surface area contributed by atoms with Crippen molar-refractivity contribution in [2.24, 2.45) is 10.9 Å². The van der Waals surface area contributed by atoms with E-state index in [1.54, 1.807) is 18.4 Å². The average molecular weight is 395 g/mol. The number of methoxy groups -OCH3 is 1. The molecule has 4 aliphatic rings. The molecular formula is C20H24BN4O2S+. The number of aliphatic imine (C=N–C) groups is 1. The lowest BCUT2D eigenvalue weighted by Gasteiger charge is -2.55. The van der Waals surface area contributed by atoms with Crippen LogP contribution < -0.4 is 10.1 Å². The number of rotatable bonds is 3. The molecule has 0 amide bonds. The topological polar surface area (TPSA) is 55.7 Å². The summed E-state index contributed by atoms with van der Waals surface area (Å²) in [6.07, 6.45) is 2.24. The van der Waals surface area contributed by atoms with Crippen molar-refractivity contribution in [3.8, 4) is 17.0 Å². The number of aryl methyl sites for hydroxylation is 1. The standard InChI is InChI=1S/C20H24BN4O2S/c1-13-17(14-3-5-16(26-2)6-4-14)23-19(28-13)24-18-22-11-20(27-18)12-25(21)9-7-15(20)8-10-25/h3-6,15H,7-12H2,1-2H3,(H,22,23,24)/q+1. The minimum absolute atomic E-state index is 0.237. The largest absolute Gasteiger partial charge is 0.497 e. The second kappa shape index (κ2) is 6.49. The second-order valence-corrected chi connectivity index (χ2v) is 9.37. The van der Waals surface area contributed by atoms with Gasteiger partial charge in [0.05, 0.1) is 32.4 Å². The van der Waals surface area contributed by atoms with Gasteiger partial charge in [0.25, 0.3) is 6.02 Å². The smallest absolute Gasteiger partial charge is 0.481 e. The third-order valence-electron chi connectivity index (χ3n) is 6.34. The Morgan fingerprint density at radius 3 is 2.71 bits per heavy atom. The van der Waals surface area contributed by atoms with E-state index >= 15 is 0 Å². The normalized spacial score (nSPS) is 30.9. The highest BCUT2D eigenvalue weighted by molar-refractivity contribution is 7.16. The fourth-order valence-electron chi connectivity index (χ4n) is 4.81. The van der Waals surface area contributed by atoms with Crippen LogP contribution >= 0.6 is 11.3 Å². The molecule has 1 atom stereocenters. The van der Waals surface area contributed by atoms with Crippen LogP contribution in [0.4, 0.5) is 5.13 Å². The summed E-state index contributed by atoms with van der Waals surface area (Å²) in [6.45, 7) is 5.72. The van der Waals surface area contributed by atoms with Crippen LogP contribution in [0.2, 0.25) is 0 Å². The van der Waals surface area contributed by atoms with Crippen molar-refractivity contribution in [1.29, 1.82) is 0 Å². The molecule has 0 aliphatic carbocycles. The van der Waals surface area contributed by atoms with Crippen LogP contribution in [-0.4, -0.2) is 62.3 Å². The quantitative estimate of drug-likeness (QED) is 0.812. The maximum absolute atomic E-state index is 6.52. The molecule has 2 bridgehead atoms. The molecule has 2 radical (unpaired) electrons. The number of hydrogen-bond acceptors (Lipinski definition) is 6. The number of thiazole rings is 1. The zero-order valence-corrected chi connectivity index (χ0v) is 17.1. The van der Waals surface area contributed by atoms with E-state index < -0.39 is 0 Å². The summed E-state index contributed by atoms with van der Waals surface area (Å²) in [5.74, 6) is 1.39. The number of hydrogen-bond donors (Lipinski definition) is 1. The summed E-state index contributed by atoms with van der Waals surface area (Å²) in [7, 11) is 8.19. The highest BCUT2D eigenvalue weighted by atomic mass is 32.1. The van der Waals surface area contributed by atoms with E-state index in [0.717, 1.165) is 59.5 Å². The van der Waals surface area contributed by atoms with Gasteiger partial charge < -0.3 is 13.9 Å². The predicted octanol–water partition coefficient (Wildman–Crippen LogP) is 2.99. The van der Waals surface area contributed by atoms with Crippen molar-refractivity contribution >= 4 is 30.5 Å². The number of ether oxygens (including phenoxy) is 2. The van der Waals surface area contributed by atoms with Crippen LogP contribution in [0.5, 0.6) is 5.75 Å². The summed E-state index contributed by atoms with van der Waals surface area (Å²) in [5, 5.41) is 4.10. The Kier molecular flexibility index (Phi) is 4.17. The van der Waals surface area contributed by atoms with Gasteiger partial charge in [-0.15, -0.1) is 11.3 Å². The Morgan fingerprint density at radius 1 is 1.29 bits per heavy atom. The number of aromatic nitrogens is 1. The molecule has 2 aromatic rings. The van der Waals surface area contributed by atoms with Crippen molar-refractivity contribution in [1.82, 2.24) is 4.98 Å². The molecule has 1 N–H and O–H groups in total. The minimum Gasteiger partial charge on any atom is -0.497 e. The van der Waals surface area contributed by atoms with Crippen molar-refractivity contribution in [2.45, 2.75) is 25.4 Å². The first kappa shape index (κ1) is 18.0. The SMILES string of the molecule is [B][N+]12CCC(CC1)C1(CN=C(Nc3nc(-c4ccc(OC)cc4)c(C)s3)O1)C2. The van der Waals surface area contributed by atoms with Crippen LogP contribution in [0.3, 0.4) is 0 Å². The molecule has 1 spiro atoms. The van der Waals surface area contributed by atoms with E-state index in [1.165, 1.54) is 0 Å². The van der Waals surface area contributed by atoms with Crippen LogP contribution in [0.1, 0.15) is 17.7 Å². The predicted molar refractivity (Wildman–Crippen MR) is 112 cm³/mol. The third-order valence-corrected chi connectivity index (χ3v) is 7.22. The van der Waals surface area contributed by atoms with Gasteiger partial charge in [0, 0.05) is 29.2 Å². The molecule has 3 fully saturated rings. The van der Waals surface area contributed by atoms with Gasteiger partial charge in [0.2, 0.25) is 0 Å². The molecular weight excluding hydrogens is 371 g/mol. The summed E-state index contributed by atoms with van der Waals surface area (Å²) in [6, 6.07) is 8.54. The van der Waals surface area contributed by atoms with Crippen LogP contribution in [0.25, 0.3) is 11.3 Å². The Morgan fingerprint density at radius 2 is 2.04 bits per heavy atom. The van der Waals surface area contributed by atoms with Gasteiger partial charge >= 0.3 is 7.98 Å². The Hall–Kier alpha value is -2.06. The lowest BCUT2D eigenvalue weighted by Crippen LogP contribution is -2.69. The first-order valence-corrected chi connectivity index (χ1v) is 10.6. The maximum atomic E-state index is 6.52. The molecule has 1 aromatic carbocycles. The first-order valence-electron chi connectivity index (χ1n) is 9.76. The van der Waals surface area contributed by atoms with Gasteiger partial charge in [-0.25, -0.2) is 9.98 Å². The number of piperidine rings is 3. The number of nitrogens with zero attached hydrogens (tertiary/aromatic N) is 3. The summed E-state index contributed by atoms with van der Waals surface area (Å²) in [5.41, 5.74) is 1.80. The summed E-state index contributed by atoms with van der Waals surface area (Å²) in [4.78, 5) is 10.6. The number of quaternary nitrogens is 1. The summed E-state index contributed by atoms with van der Waals surface area (Å²) < 4.78 is 12.2. The van der Waals surface area contributed by atoms with E-state index in [-0.39, 0.29) is 5.60 Å². The van der Waals surface area contributed by atoms with E-state index in [2.05, 4.69) is 17.2 Å². The monoisotopic (exact) mass is 395 g/mol. The maximum Gasteiger partial charge on any atom is 0.481 e. The molecule has 1 aromatic heterocycles. The first-order chi connectivity index (χ1) is 13.5. The molecule has 6 nitrogen and oxygen atoms in total. The highest BCUT2D eigenvalue weighted by Gasteiger charge is 2.57. The average Bonchev–Trinajstić information content (AvgIpc) is 3.25. The number of amidine groups is 1. The molecule has 5 heterocycles. The molecule has 8 heteroatoms. The summed E-state index contributed by atoms with van der Waals surface area (Å²) >= 11 is 1.61. The molecule has 3 saturated heterocycles. The molecule has 144 valence electrons. The van der Waals surface area contributed by atoms with Crippen molar-refractivity contribution in [2.75, 3.05) is 38.6 Å². The zero-order chi connectivity index (χ0) is 19.4. The third kappa shape index (κ3) is 2.99. The number of fused-ring (bicyclic) bond motifs is 2. The van der Waals surface area contributed by atoms with Gasteiger partial charge in [-0.3, -0.25) is 5.32 Å². The van der Waals surface area contributed by atoms with Crippen LogP contribution in [0, 0.1) is 12.8 Å². The van der Waals surface area contributed by atoms with Gasteiger partial charge in [0.15, 0.2) is 10.7 Å². The van der Waals surface area contributed by atoms with Crippen molar-refractivity contribution in [3.63, 3.8) is 0 Å². The van der Waals surface area contributed by atoms with Gasteiger partial charge in [-0.05, 0) is 31.2 Å². The molecule has 1 unspecified atom stereocenters. The van der Waals surface area contributed by atoms with Gasteiger partial charge in [-0.2, -0.15) is 0 Å². The van der Waals surface area contributed by atoms with Gasteiger partial charge in [-0.1, -0.05) is 0 Å². The Labute approximate surface area is 170 Å². The van der Waals surface area contributed by atoms with Crippen LogP contribution in [0.15, 0.2) is 29.3 Å². The highest BCUT2D eigenvalue weighted by Crippen LogP contribution is 2.43. The number of anilines is 1. The number of benzene rings is 1. The molecule has 28 heavy (non-hydrogen) atoms. The second-order valence-electron chi connectivity index (χ2n) is 8.16. The van der Waals surface area contributed by atoms with E-state index in [4.69, 9.17) is 22.4 Å². The van der Waals surface area contributed by atoms with E-state index in [0.29, 0.717) is 22.9 Å². The van der Waals surface area contributed by atoms with E-state index in [1.807, 2.05) is 24.3 Å². The van der Waals surface area contributed by atoms with Crippen LogP contribution in [-0.2, 0) is 4.74 Å². The Bertz CT molecular complexity index is 921. The van der Waals surface area contributed by atoms with Crippen molar-refractivity contribution < 1.29 is 13.9 Å².